The number of carbonyl (C=O) groups excluding carboxylic acids is 1. The zero-order valence-corrected chi connectivity index (χ0v) is 59.3. The Morgan fingerprint density at radius 2 is 0.685 bits per heavy atom. The molecule has 0 saturated carbocycles. The van der Waals surface area contributed by atoms with Crippen LogP contribution in [-0.2, 0) is 14.3 Å². The van der Waals surface area contributed by atoms with Gasteiger partial charge in [-0.05, 0) is 103 Å². The number of hydrogen-bond donors (Lipinski definition) is 6. The largest absolute Gasteiger partial charge is 0.394 e. The standard InChI is InChI=1S/C83H143NO8/c1-3-5-7-9-11-13-15-17-19-21-23-25-27-29-31-33-34-35-36-37-38-39-40-41-42-43-44-45-47-49-51-53-55-57-59-61-63-65-67-69-71-73-79(87)84-76(75-91-83-82(90)81(89)80(88)78(74-85)92-83)77(86)72-70-68-66-64-62-60-58-56-54-52-50-48-46-32-30-28-26-24-22-20-18-16-14-12-10-8-6-4-2/h5,7,11,13,17,19,23,25,29,31,34-35,37-38,40-41,43-44,62,64,70,72,76-78,80-83,85-86,88-90H,3-4,6,8-10,12,14-16,18,20-22,24,26-28,30,32-33,36,39,42,45-61,63,65-69,71,73-75H2,1-2H3,(H,84,87)/b7-5-,13-11-,19-17-,25-23-,31-29-,35-34-,38-37-,41-40-,44-43-,64-62+,72-70+. The number of rotatable bonds is 66. The van der Waals surface area contributed by atoms with Crippen LogP contribution in [0, 0.1) is 0 Å². The van der Waals surface area contributed by atoms with E-state index in [0.717, 1.165) is 96.3 Å². The summed E-state index contributed by atoms with van der Waals surface area (Å²) in [5.41, 5.74) is 0. The van der Waals surface area contributed by atoms with E-state index in [1.165, 1.54) is 212 Å². The Morgan fingerprint density at radius 1 is 0.380 bits per heavy atom. The predicted molar refractivity (Wildman–Crippen MR) is 396 cm³/mol. The molecular formula is C83H143NO8. The summed E-state index contributed by atoms with van der Waals surface area (Å²) in [6.45, 7) is 3.68. The first-order valence-corrected chi connectivity index (χ1v) is 38.4. The molecule has 9 heteroatoms. The summed E-state index contributed by atoms with van der Waals surface area (Å²) in [7, 11) is 0. The summed E-state index contributed by atoms with van der Waals surface area (Å²) < 4.78 is 11.3. The molecule has 1 heterocycles. The van der Waals surface area contributed by atoms with Crippen LogP contribution >= 0.6 is 0 Å². The molecule has 0 aromatic rings. The molecule has 0 bridgehead atoms. The van der Waals surface area contributed by atoms with Gasteiger partial charge in [-0.25, -0.2) is 0 Å². The highest BCUT2D eigenvalue weighted by molar-refractivity contribution is 5.76. The van der Waals surface area contributed by atoms with Crippen molar-refractivity contribution in [1.29, 1.82) is 0 Å². The average molecular weight is 1280 g/mol. The first-order valence-electron chi connectivity index (χ1n) is 38.4. The molecule has 9 nitrogen and oxygen atoms in total. The van der Waals surface area contributed by atoms with Crippen LogP contribution in [0.4, 0.5) is 0 Å². The number of aliphatic hydroxyl groups is 5. The van der Waals surface area contributed by atoms with Gasteiger partial charge in [-0.3, -0.25) is 4.79 Å². The van der Waals surface area contributed by atoms with E-state index in [-0.39, 0.29) is 12.5 Å². The Balaban J connectivity index is 2.13. The molecule has 0 radical (unpaired) electrons. The third-order valence-electron chi connectivity index (χ3n) is 17.5. The Labute approximate surface area is 566 Å². The molecule has 0 aromatic heterocycles. The minimum atomic E-state index is -1.58. The van der Waals surface area contributed by atoms with E-state index in [9.17, 15) is 30.3 Å². The fraction of sp³-hybridized carbons (Fsp3) is 0.723. The molecule has 1 aliphatic rings. The van der Waals surface area contributed by atoms with Gasteiger partial charge in [-0.2, -0.15) is 0 Å². The minimum Gasteiger partial charge on any atom is -0.394 e. The van der Waals surface area contributed by atoms with Gasteiger partial charge in [-0.1, -0.05) is 353 Å². The Bertz CT molecular complexity index is 1920. The number of allylic oxidation sites excluding steroid dienone is 21. The van der Waals surface area contributed by atoms with Crippen LogP contribution in [-0.4, -0.2) is 87.5 Å². The monoisotopic (exact) mass is 1280 g/mol. The summed E-state index contributed by atoms with van der Waals surface area (Å²) in [6, 6.07) is -0.832. The third kappa shape index (κ3) is 57.7. The van der Waals surface area contributed by atoms with Crippen molar-refractivity contribution < 1.29 is 39.8 Å². The van der Waals surface area contributed by atoms with Crippen LogP contribution in [0.2, 0.25) is 0 Å². The quantitative estimate of drug-likeness (QED) is 0.0261. The first kappa shape index (κ1) is 86.3. The van der Waals surface area contributed by atoms with Gasteiger partial charge in [0.15, 0.2) is 6.29 Å². The maximum absolute atomic E-state index is 13.2. The molecule has 7 atom stereocenters. The lowest BCUT2D eigenvalue weighted by molar-refractivity contribution is -0.302. The van der Waals surface area contributed by atoms with Crippen LogP contribution in [0.3, 0.4) is 0 Å². The first-order chi connectivity index (χ1) is 45.3. The predicted octanol–water partition coefficient (Wildman–Crippen LogP) is 21.9. The van der Waals surface area contributed by atoms with Crippen molar-refractivity contribution in [2.45, 2.75) is 371 Å². The zero-order valence-electron chi connectivity index (χ0n) is 59.3. The second kappa shape index (κ2) is 70.1. The van der Waals surface area contributed by atoms with E-state index in [4.69, 9.17) is 9.47 Å². The number of unbranched alkanes of at least 4 members (excludes halogenated alkanes) is 36. The fourth-order valence-corrected chi connectivity index (χ4v) is 11.5. The summed E-state index contributed by atoms with van der Waals surface area (Å²) >= 11 is 0. The molecule has 1 rings (SSSR count). The zero-order chi connectivity index (χ0) is 66.4. The highest BCUT2D eigenvalue weighted by atomic mass is 16.7. The van der Waals surface area contributed by atoms with Crippen molar-refractivity contribution in [3.63, 3.8) is 0 Å². The lowest BCUT2D eigenvalue weighted by Crippen LogP contribution is -2.60. The number of amides is 1. The molecule has 0 spiro atoms. The maximum atomic E-state index is 13.2. The Kier molecular flexibility index (Phi) is 65.8. The van der Waals surface area contributed by atoms with Crippen molar-refractivity contribution >= 4 is 5.91 Å². The maximum Gasteiger partial charge on any atom is 0.220 e. The van der Waals surface area contributed by atoms with Crippen LogP contribution in [0.15, 0.2) is 134 Å². The summed E-state index contributed by atoms with van der Waals surface area (Å²) in [5, 5.41) is 54.8. The van der Waals surface area contributed by atoms with E-state index in [0.29, 0.717) is 6.42 Å². The average Bonchev–Trinajstić information content (AvgIpc) is 1.00. The van der Waals surface area contributed by atoms with Gasteiger partial charge in [0, 0.05) is 6.42 Å². The van der Waals surface area contributed by atoms with Crippen LogP contribution in [0.1, 0.15) is 328 Å². The Morgan fingerprint density at radius 3 is 1.04 bits per heavy atom. The molecule has 1 fully saturated rings. The highest BCUT2D eigenvalue weighted by Crippen LogP contribution is 2.23. The lowest BCUT2D eigenvalue weighted by atomic mass is 9.99. The lowest BCUT2D eigenvalue weighted by Gasteiger charge is -2.40. The molecule has 0 aromatic carbocycles. The molecule has 528 valence electrons. The smallest absolute Gasteiger partial charge is 0.220 e. The number of nitrogens with one attached hydrogen (secondary N) is 1. The van der Waals surface area contributed by atoms with E-state index in [1.54, 1.807) is 6.08 Å². The highest BCUT2D eigenvalue weighted by Gasteiger charge is 2.44. The van der Waals surface area contributed by atoms with Gasteiger partial charge >= 0.3 is 0 Å². The van der Waals surface area contributed by atoms with E-state index < -0.39 is 49.5 Å². The topological polar surface area (TPSA) is 149 Å². The van der Waals surface area contributed by atoms with Crippen molar-refractivity contribution in [3.05, 3.63) is 134 Å². The van der Waals surface area contributed by atoms with Gasteiger partial charge in [0.2, 0.25) is 5.91 Å². The molecule has 92 heavy (non-hydrogen) atoms. The van der Waals surface area contributed by atoms with Gasteiger partial charge in [-0.15, -0.1) is 0 Å². The molecule has 0 aliphatic carbocycles. The minimum absolute atomic E-state index is 0.189. The van der Waals surface area contributed by atoms with Gasteiger partial charge in [0.1, 0.15) is 24.4 Å². The number of aliphatic hydroxyl groups excluding tert-OH is 5. The van der Waals surface area contributed by atoms with Crippen LogP contribution in [0.5, 0.6) is 0 Å². The number of carbonyl (C=O) groups is 1. The molecule has 7 unspecified atom stereocenters. The second-order valence-electron chi connectivity index (χ2n) is 26.1. The Hall–Kier alpha value is -3.67. The normalized spacial score (nSPS) is 18.4. The van der Waals surface area contributed by atoms with Gasteiger partial charge in [0.25, 0.3) is 0 Å². The van der Waals surface area contributed by atoms with Crippen molar-refractivity contribution in [2.75, 3.05) is 13.2 Å². The number of hydrogen-bond acceptors (Lipinski definition) is 8. The molecule has 1 amide bonds. The summed E-state index contributed by atoms with van der Waals surface area (Å²) in [4.78, 5) is 13.2. The van der Waals surface area contributed by atoms with Gasteiger partial charge in [0.05, 0.1) is 25.4 Å². The molecule has 6 N–H and O–H groups in total. The molecular weight excluding hydrogens is 1140 g/mol. The van der Waals surface area contributed by atoms with E-state index in [1.807, 2.05) is 6.08 Å². The van der Waals surface area contributed by atoms with E-state index >= 15 is 0 Å². The van der Waals surface area contributed by atoms with Crippen molar-refractivity contribution in [2.24, 2.45) is 0 Å². The summed E-state index contributed by atoms with van der Waals surface area (Å²) in [5.74, 6) is -0.189. The fourth-order valence-electron chi connectivity index (χ4n) is 11.5. The van der Waals surface area contributed by atoms with Crippen molar-refractivity contribution in [1.82, 2.24) is 5.32 Å². The van der Waals surface area contributed by atoms with Crippen LogP contribution in [0.25, 0.3) is 0 Å². The summed E-state index contributed by atoms with van der Waals surface area (Å²) in [6.07, 6.45) is 100. The van der Waals surface area contributed by atoms with Crippen LogP contribution < -0.4 is 5.32 Å². The third-order valence-corrected chi connectivity index (χ3v) is 17.5. The van der Waals surface area contributed by atoms with Gasteiger partial charge < -0.3 is 40.3 Å². The van der Waals surface area contributed by atoms with E-state index in [2.05, 4.69) is 141 Å². The van der Waals surface area contributed by atoms with Crippen molar-refractivity contribution in [3.8, 4) is 0 Å². The molecule has 1 saturated heterocycles. The molecule has 1 aliphatic heterocycles. The SMILES string of the molecule is CC/C=C\C/C=C\C/C=C\C/C=C\C/C=C\C/C=C\C/C=C\C/C=C\C/C=C\CCCCCCCCCCCCCCCC(=O)NC(COC1OC(CO)C(O)C(O)C1O)C(O)/C=C/CC/C=C/CCCCCCCCCCCCCCCCCCCCCCCC. The second-order valence-corrected chi connectivity index (χ2v) is 26.1. The number of ether oxygens (including phenoxy) is 2.